The zero-order valence-electron chi connectivity index (χ0n) is 13.4. The summed E-state index contributed by atoms with van der Waals surface area (Å²) in [4.78, 5) is 0. The van der Waals surface area contributed by atoms with E-state index in [0.717, 1.165) is 23.3 Å². The zero-order chi connectivity index (χ0) is 16.1. The van der Waals surface area contributed by atoms with Gasteiger partial charge in [-0.2, -0.15) is 0 Å². The molecule has 3 rings (SSSR count). The van der Waals surface area contributed by atoms with Crippen molar-refractivity contribution in [3.05, 3.63) is 64.1 Å². The Balaban J connectivity index is 1.70. The van der Waals surface area contributed by atoms with E-state index in [1.165, 1.54) is 24.0 Å². The average Bonchev–Trinajstić information content (AvgIpc) is 2.61. The maximum Gasteiger partial charge on any atom is 0.123 e. The van der Waals surface area contributed by atoms with Crippen LogP contribution in [0.5, 0.6) is 5.75 Å². The SMILES string of the molecule is COc1ccccc1CNC1CCCNC1c1ccc(Br)cc1. The third kappa shape index (κ3) is 4.14. The number of benzene rings is 2. The molecule has 0 amide bonds. The van der Waals surface area contributed by atoms with Gasteiger partial charge in [0.2, 0.25) is 0 Å². The predicted molar refractivity (Wildman–Crippen MR) is 97.7 cm³/mol. The van der Waals surface area contributed by atoms with E-state index < -0.39 is 0 Å². The summed E-state index contributed by atoms with van der Waals surface area (Å²) in [6.07, 6.45) is 2.39. The summed E-state index contributed by atoms with van der Waals surface area (Å²) in [6.45, 7) is 1.90. The van der Waals surface area contributed by atoms with Gasteiger partial charge in [-0.1, -0.05) is 46.3 Å². The number of hydrogen-bond acceptors (Lipinski definition) is 3. The van der Waals surface area contributed by atoms with Gasteiger partial charge in [-0.15, -0.1) is 0 Å². The second kappa shape index (κ2) is 7.95. The van der Waals surface area contributed by atoms with Crippen molar-refractivity contribution < 1.29 is 4.74 Å². The Hall–Kier alpha value is -1.36. The number of para-hydroxylation sites is 1. The minimum atomic E-state index is 0.353. The maximum atomic E-state index is 5.45. The van der Waals surface area contributed by atoms with E-state index in [4.69, 9.17) is 4.74 Å². The van der Waals surface area contributed by atoms with Crippen LogP contribution < -0.4 is 15.4 Å². The molecule has 0 aliphatic carbocycles. The van der Waals surface area contributed by atoms with Gasteiger partial charge in [0.15, 0.2) is 0 Å². The first-order valence-corrected chi connectivity index (χ1v) is 8.91. The first-order chi connectivity index (χ1) is 11.3. The Morgan fingerprint density at radius 2 is 1.96 bits per heavy atom. The lowest BCUT2D eigenvalue weighted by Gasteiger charge is -2.34. The molecule has 122 valence electrons. The van der Waals surface area contributed by atoms with Gasteiger partial charge in [-0.3, -0.25) is 0 Å². The number of piperidine rings is 1. The van der Waals surface area contributed by atoms with Gasteiger partial charge in [-0.25, -0.2) is 0 Å². The number of rotatable bonds is 5. The minimum Gasteiger partial charge on any atom is -0.496 e. The smallest absolute Gasteiger partial charge is 0.123 e. The third-order valence-corrected chi connectivity index (χ3v) is 4.96. The summed E-state index contributed by atoms with van der Waals surface area (Å²) < 4.78 is 6.57. The maximum absolute atomic E-state index is 5.45. The lowest BCUT2D eigenvalue weighted by Crippen LogP contribution is -2.45. The normalized spacial score (nSPS) is 21.1. The molecule has 0 bridgehead atoms. The molecule has 2 aromatic rings. The molecule has 0 spiro atoms. The Morgan fingerprint density at radius 3 is 2.74 bits per heavy atom. The van der Waals surface area contributed by atoms with Crippen molar-refractivity contribution in [3.63, 3.8) is 0 Å². The van der Waals surface area contributed by atoms with Gasteiger partial charge >= 0.3 is 0 Å². The van der Waals surface area contributed by atoms with Crippen LogP contribution in [0.2, 0.25) is 0 Å². The van der Waals surface area contributed by atoms with Crippen LogP contribution in [0.3, 0.4) is 0 Å². The topological polar surface area (TPSA) is 33.3 Å². The molecule has 1 fully saturated rings. The van der Waals surface area contributed by atoms with Gasteiger partial charge in [0.25, 0.3) is 0 Å². The summed E-state index contributed by atoms with van der Waals surface area (Å²) in [5.41, 5.74) is 2.54. The van der Waals surface area contributed by atoms with Crippen molar-refractivity contribution in [2.24, 2.45) is 0 Å². The highest BCUT2D eigenvalue weighted by Gasteiger charge is 2.25. The minimum absolute atomic E-state index is 0.353. The van der Waals surface area contributed by atoms with Gasteiger partial charge in [0.1, 0.15) is 5.75 Å². The fourth-order valence-corrected chi connectivity index (χ4v) is 3.48. The zero-order valence-corrected chi connectivity index (χ0v) is 15.0. The molecule has 0 aromatic heterocycles. The van der Waals surface area contributed by atoms with E-state index in [1.54, 1.807) is 7.11 Å². The Kier molecular flexibility index (Phi) is 5.70. The molecule has 2 aromatic carbocycles. The van der Waals surface area contributed by atoms with Crippen LogP contribution >= 0.6 is 15.9 Å². The van der Waals surface area contributed by atoms with Crippen LogP contribution in [-0.2, 0) is 6.54 Å². The molecule has 3 nitrogen and oxygen atoms in total. The summed E-state index contributed by atoms with van der Waals surface area (Å²) >= 11 is 3.51. The van der Waals surface area contributed by atoms with E-state index >= 15 is 0 Å². The van der Waals surface area contributed by atoms with E-state index in [-0.39, 0.29) is 0 Å². The first-order valence-electron chi connectivity index (χ1n) is 8.12. The van der Waals surface area contributed by atoms with Gasteiger partial charge in [0, 0.05) is 28.7 Å². The lowest BCUT2D eigenvalue weighted by molar-refractivity contribution is 0.303. The summed E-state index contributed by atoms with van der Waals surface area (Å²) in [6, 6.07) is 17.6. The van der Waals surface area contributed by atoms with Crippen molar-refractivity contribution >= 4 is 15.9 Å². The van der Waals surface area contributed by atoms with Gasteiger partial charge in [0.05, 0.1) is 7.11 Å². The predicted octanol–water partition coefficient (Wildman–Crippen LogP) is 4.04. The fraction of sp³-hybridized carbons (Fsp3) is 0.368. The average molecular weight is 375 g/mol. The van der Waals surface area contributed by atoms with Crippen LogP contribution in [-0.4, -0.2) is 19.7 Å². The van der Waals surface area contributed by atoms with Crippen LogP contribution in [0.25, 0.3) is 0 Å². The number of ether oxygens (including phenoxy) is 1. The van der Waals surface area contributed by atoms with Crippen molar-refractivity contribution in [3.8, 4) is 5.75 Å². The van der Waals surface area contributed by atoms with Crippen molar-refractivity contribution in [2.75, 3.05) is 13.7 Å². The first kappa shape index (κ1) is 16.5. The van der Waals surface area contributed by atoms with Gasteiger partial charge < -0.3 is 15.4 Å². The molecular weight excluding hydrogens is 352 g/mol. The van der Waals surface area contributed by atoms with Crippen LogP contribution in [0.1, 0.15) is 30.0 Å². The number of nitrogens with one attached hydrogen (secondary N) is 2. The number of methoxy groups -OCH3 is 1. The molecule has 1 saturated heterocycles. The monoisotopic (exact) mass is 374 g/mol. The van der Waals surface area contributed by atoms with E-state index in [9.17, 15) is 0 Å². The van der Waals surface area contributed by atoms with Crippen molar-refractivity contribution in [1.82, 2.24) is 10.6 Å². The highest BCUT2D eigenvalue weighted by Crippen LogP contribution is 2.26. The van der Waals surface area contributed by atoms with E-state index in [1.807, 2.05) is 12.1 Å². The standard InChI is InChI=1S/C19H23BrN2O/c1-23-18-7-3-2-5-15(18)13-22-17-6-4-12-21-19(17)14-8-10-16(20)11-9-14/h2-3,5,7-11,17,19,21-22H,4,6,12-13H2,1H3. The van der Waals surface area contributed by atoms with Gasteiger partial charge in [-0.05, 0) is 43.1 Å². The summed E-state index contributed by atoms with van der Waals surface area (Å²) in [5.74, 6) is 0.948. The summed E-state index contributed by atoms with van der Waals surface area (Å²) in [7, 11) is 1.73. The van der Waals surface area contributed by atoms with E-state index in [2.05, 4.69) is 63.0 Å². The lowest BCUT2D eigenvalue weighted by atomic mass is 9.92. The summed E-state index contributed by atoms with van der Waals surface area (Å²) in [5, 5.41) is 7.38. The van der Waals surface area contributed by atoms with Crippen LogP contribution in [0.4, 0.5) is 0 Å². The van der Waals surface area contributed by atoms with Crippen LogP contribution in [0, 0.1) is 0 Å². The van der Waals surface area contributed by atoms with E-state index in [0.29, 0.717) is 12.1 Å². The number of hydrogen-bond donors (Lipinski definition) is 2. The second-order valence-corrected chi connectivity index (χ2v) is 6.84. The molecule has 0 radical (unpaired) electrons. The molecule has 1 aliphatic rings. The molecule has 23 heavy (non-hydrogen) atoms. The second-order valence-electron chi connectivity index (χ2n) is 5.92. The highest BCUT2D eigenvalue weighted by molar-refractivity contribution is 9.10. The quantitative estimate of drug-likeness (QED) is 0.828. The van der Waals surface area contributed by atoms with Crippen LogP contribution in [0.15, 0.2) is 53.0 Å². The molecular formula is C19H23BrN2O. The fourth-order valence-electron chi connectivity index (χ4n) is 3.22. The molecule has 2 unspecified atom stereocenters. The molecule has 4 heteroatoms. The molecule has 1 aliphatic heterocycles. The highest BCUT2D eigenvalue weighted by atomic mass is 79.9. The largest absolute Gasteiger partial charge is 0.496 e. The van der Waals surface area contributed by atoms with Crippen molar-refractivity contribution in [1.29, 1.82) is 0 Å². The molecule has 2 atom stereocenters. The molecule has 2 N–H and O–H groups in total. The molecule has 1 heterocycles. The Bertz CT molecular complexity index is 630. The third-order valence-electron chi connectivity index (χ3n) is 4.43. The molecule has 0 saturated carbocycles. The number of halogens is 1. The van der Waals surface area contributed by atoms with Crippen molar-refractivity contribution in [2.45, 2.75) is 31.5 Å². The Labute approximate surface area is 146 Å². The Morgan fingerprint density at radius 1 is 1.17 bits per heavy atom.